The van der Waals surface area contributed by atoms with E-state index in [0.717, 1.165) is 57.8 Å². The lowest BCUT2D eigenvalue weighted by Crippen LogP contribution is -1.98. The van der Waals surface area contributed by atoms with Crippen LogP contribution in [0.5, 0.6) is 11.5 Å². The summed E-state index contributed by atoms with van der Waals surface area (Å²) in [6.45, 7) is 8.72. The zero-order valence-corrected chi connectivity index (χ0v) is 25.0. The third-order valence-electron chi connectivity index (χ3n) is 8.27. The first-order valence-corrected chi connectivity index (χ1v) is 14.9. The first-order chi connectivity index (χ1) is 21.0. The van der Waals surface area contributed by atoms with E-state index in [-0.39, 0.29) is 0 Å². The van der Waals surface area contributed by atoms with Crippen molar-refractivity contribution >= 4 is 21.8 Å². The summed E-state index contributed by atoms with van der Waals surface area (Å²) in [5.41, 5.74) is 10.7. The molecule has 0 aliphatic heterocycles. The van der Waals surface area contributed by atoms with Gasteiger partial charge in [0.2, 0.25) is 0 Å². The number of nitrogens with zero attached hydrogens (tertiary/aromatic N) is 4. The van der Waals surface area contributed by atoms with Crippen molar-refractivity contribution in [2.75, 3.05) is 0 Å². The van der Waals surface area contributed by atoms with Crippen molar-refractivity contribution < 1.29 is 4.74 Å². The number of aryl methyl sites for hydroxylation is 3. The summed E-state index contributed by atoms with van der Waals surface area (Å²) in [6.07, 6.45) is 8.16. The Hall–Kier alpha value is -5.16. The Labute approximate surface area is 252 Å². The molecule has 7 rings (SSSR count). The van der Waals surface area contributed by atoms with Crippen LogP contribution in [-0.2, 0) is 6.42 Å². The molecule has 212 valence electrons. The monoisotopic (exact) mass is 562 g/mol. The van der Waals surface area contributed by atoms with Gasteiger partial charge < -0.3 is 4.74 Å². The highest BCUT2D eigenvalue weighted by Crippen LogP contribution is 2.36. The Morgan fingerprint density at radius 2 is 1.60 bits per heavy atom. The first-order valence-electron chi connectivity index (χ1n) is 14.9. The van der Waals surface area contributed by atoms with Gasteiger partial charge in [0, 0.05) is 40.9 Å². The Morgan fingerprint density at radius 3 is 2.47 bits per heavy atom. The number of hydrogen-bond acceptors (Lipinski definition) is 3. The average Bonchev–Trinajstić information content (AvgIpc) is 3.62. The molecule has 43 heavy (non-hydrogen) atoms. The number of rotatable bonds is 7. The van der Waals surface area contributed by atoms with Gasteiger partial charge in [0.1, 0.15) is 17.3 Å². The fourth-order valence-corrected chi connectivity index (χ4v) is 6.20. The summed E-state index contributed by atoms with van der Waals surface area (Å²) < 4.78 is 10.6. The maximum Gasteiger partial charge on any atom is 0.137 e. The van der Waals surface area contributed by atoms with E-state index in [0.29, 0.717) is 0 Å². The van der Waals surface area contributed by atoms with Gasteiger partial charge in [0.15, 0.2) is 0 Å². The van der Waals surface area contributed by atoms with Crippen molar-refractivity contribution in [3.63, 3.8) is 0 Å². The Kier molecular flexibility index (Phi) is 6.78. The second kappa shape index (κ2) is 10.9. The van der Waals surface area contributed by atoms with E-state index in [9.17, 15) is 0 Å². The van der Waals surface area contributed by atoms with Crippen molar-refractivity contribution in [2.24, 2.45) is 0 Å². The molecular weight excluding hydrogens is 528 g/mol. The predicted octanol–water partition coefficient (Wildman–Crippen LogP) is 9.70. The molecule has 5 nitrogen and oxygen atoms in total. The SMILES string of the molecule is CCCc1ccc(C)c(-c2cnn(-c3cccc(Oc4ccc5c6ccccc6n(-c6cc(C)ccn6)c5c4)c3)c2)c1C. The third-order valence-corrected chi connectivity index (χ3v) is 8.27. The van der Waals surface area contributed by atoms with Crippen LogP contribution in [0.25, 0.3) is 44.4 Å². The van der Waals surface area contributed by atoms with Crippen LogP contribution < -0.4 is 4.74 Å². The number of aromatic nitrogens is 4. The Balaban J connectivity index is 1.23. The molecule has 0 saturated carbocycles. The predicted molar refractivity (Wildman–Crippen MR) is 176 cm³/mol. The standard InChI is InChI=1S/C38H34N4O/c1-5-9-28-15-14-26(3)38(27(28)4)29-23-40-41(24-29)30-10-8-11-31(21-30)43-32-16-17-34-33-12-6-7-13-35(33)42(36(34)22-32)37-20-25(2)18-19-39-37/h6-8,10-24H,5,9H2,1-4H3. The van der Waals surface area contributed by atoms with E-state index in [1.165, 1.54) is 33.2 Å². The second-order valence-electron chi connectivity index (χ2n) is 11.3. The fraction of sp³-hybridized carbons (Fsp3) is 0.158. The molecule has 0 fully saturated rings. The summed E-state index contributed by atoms with van der Waals surface area (Å²) in [7, 11) is 0. The molecular formula is C38H34N4O. The molecule has 0 aliphatic carbocycles. The highest BCUT2D eigenvalue weighted by atomic mass is 16.5. The topological polar surface area (TPSA) is 44.9 Å². The summed E-state index contributed by atoms with van der Waals surface area (Å²) in [5.74, 6) is 2.41. The average molecular weight is 563 g/mol. The minimum Gasteiger partial charge on any atom is -0.457 e. The van der Waals surface area contributed by atoms with Gasteiger partial charge in [-0.25, -0.2) is 9.67 Å². The lowest BCUT2D eigenvalue weighted by Gasteiger charge is -2.13. The van der Waals surface area contributed by atoms with E-state index in [2.05, 4.69) is 99.1 Å². The van der Waals surface area contributed by atoms with Gasteiger partial charge in [-0.05, 0) is 97.5 Å². The van der Waals surface area contributed by atoms with Gasteiger partial charge in [-0.1, -0.05) is 49.7 Å². The van der Waals surface area contributed by atoms with Crippen molar-refractivity contribution in [3.8, 4) is 34.1 Å². The molecule has 0 unspecified atom stereocenters. The third kappa shape index (κ3) is 4.87. The van der Waals surface area contributed by atoms with Crippen LogP contribution in [0.1, 0.15) is 35.6 Å². The summed E-state index contributed by atoms with van der Waals surface area (Å²) in [6, 6.07) is 31.4. The van der Waals surface area contributed by atoms with Crippen LogP contribution in [0.4, 0.5) is 0 Å². The maximum atomic E-state index is 6.46. The lowest BCUT2D eigenvalue weighted by molar-refractivity contribution is 0.483. The van der Waals surface area contributed by atoms with Crippen molar-refractivity contribution in [2.45, 2.75) is 40.5 Å². The molecule has 0 spiro atoms. The van der Waals surface area contributed by atoms with E-state index in [1.807, 2.05) is 47.4 Å². The van der Waals surface area contributed by atoms with E-state index < -0.39 is 0 Å². The molecule has 7 aromatic rings. The Bertz CT molecular complexity index is 2120. The van der Waals surface area contributed by atoms with Crippen molar-refractivity contribution in [1.29, 1.82) is 0 Å². The van der Waals surface area contributed by atoms with Gasteiger partial charge in [-0.2, -0.15) is 5.10 Å². The zero-order chi connectivity index (χ0) is 29.5. The molecule has 4 aromatic carbocycles. The smallest absolute Gasteiger partial charge is 0.137 e. The van der Waals surface area contributed by atoms with Gasteiger partial charge in [-0.3, -0.25) is 4.57 Å². The number of ether oxygens (including phenoxy) is 1. The molecule has 0 bridgehead atoms. The van der Waals surface area contributed by atoms with Crippen LogP contribution in [-0.4, -0.2) is 19.3 Å². The molecule has 0 amide bonds. The Morgan fingerprint density at radius 1 is 0.767 bits per heavy atom. The zero-order valence-electron chi connectivity index (χ0n) is 25.0. The quantitative estimate of drug-likeness (QED) is 0.194. The summed E-state index contributed by atoms with van der Waals surface area (Å²) >= 11 is 0. The molecule has 0 radical (unpaired) electrons. The van der Waals surface area contributed by atoms with Crippen molar-refractivity contribution in [1.82, 2.24) is 19.3 Å². The minimum atomic E-state index is 0.752. The molecule has 0 atom stereocenters. The van der Waals surface area contributed by atoms with Crippen LogP contribution in [0.2, 0.25) is 0 Å². The number of hydrogen-bond donors (Lipinski definition) is 0. The normalized spacial score (nSPS) is 11.4. The molecule has 3 heterocycles. The van der Waals surface area contributed by atoms with E-state index >= 15 is 0 Å². The molecule has 5 heteroatoms. The number of para-hydroxylation sites is 1. The van der Waals surface area contributed by atoms with Gasteiger partial charge >= 0.3 is 0 Å². The largest absolute Gasteiger partial charge is 0.457 e. The van der Waals surface area contributed by atoms with Gasteiger partial charge in [0.25, 0.3) is 0 Å². The van der Waals surface area contributed by atoms with Gasteiger partial charge in [0.05, 0.1) is 22.9 Å². The van der Waals surface area contributed by atoms with Crippen molar-refractivity contribution in [3.05, 3.63) is 132 Å². The number of benzene rings is 4. The summed E-state index contributed by atoms with van der Waals surface area (Å²) in [4.78, 5) is 4.70. The van der Waals surface area contributed by atoms with Crippen LogP contribution in [0.15, 0.2) is 110 Å². The number of fused-ring (bicyclic) bond motifs is 3. The van der Waals surface area contributed by atoms with Crippen LogP contribution in [0.3, 0.4) is 0 Å². The molecule has 0 saturated heterocycles. The maximum absolute atomic E-state index is 6.46. The molecule has 3 aromatic heterocycles. The molecule has 0 aliphatic rings. The summed E-state index contributed by atoms with van der Waals surface area (Å²) in [5, 5.41) is 7.09. The second-order valence-corrected chi connectivity index (χ2v) is 11.3. The lowest BCUT2D eigenvalue weighted by atomic mass is 9.92. The van der Waals surface area contributed by atoms with E-state index in [1.54, 1.807) is 0 Å². The highest BCUT2D eigenvalue weighted by molar-refractivity contribution is 6.09. The minimum absolute atomic E-state index is 0.752. The fourth-order valence-electron chi connectivity index (χ4n) is 6.20. The van der Waals surface area contributed by atoms with Gasteiger partial charge in [-0.15, -0.1) is 0 Å². The van der Waals surface area contributed by atoms with Crippen LogP contribution >= 0.6 is 0 Å². The molecule has 0 N–H and O–H groups in total. The van der Waals surface area contributed by atoms with E-state index in [4.69, 9.17) is 14.8 Å². The first kappa shape index (κ1) is 26.7. The number of pyridine rings is 1. The van der Waals surface area contributed by atoms with Crippen LogP contribution in [0, 0.1) is 20.8 Å². The highest BCUT2D eigenvalue weighted by Gasteiger charge is 2.15.